The molecule has 2 aromatic rings. The second kappa shape index (κ2) is 13.3. The minimum absolute atomic E-state index is 0. The molecule has 0 atom stereocenters. The molecular formula is C38H42Cl2Zr. The summed E-state index contributed by atoms with van der Waals surface area (Å²) in [7, 11) is 0. The van der Waals surface area contributed by atoms with E-state index in [4.69, 9.17) is 0 Å². The van der Waals surface area contributed by atoms with Crippen LogP contribution in [-0.4, -0.2) is 0 Å². The third kappa shape index (κ3) is 5.46. The minimum atomic E-state index is -0.903. The van der Waals surface area contributed by atoms with Gasteiger partial charge in [0.05, 0.1) is 0 Å². The molecule has 4 aliphatic carbocycles. The fourth-order valence-electron chi connectivity index (χ4n) is 8.02. The van der Waals surface area contributed by atoms with Crippen LogP contribution in [0.2, 0.25) is 0 Å². The van der Waals surface area contributed by atoms with Crippen molar-refractivity contribution in [2.24, 2.45) is 10.8 Å². The Morgan fingerprint density at radius 1 is 0.585 bits per heavy atom. The zero-order valence-electron chi connectivity index (χ0n) is 25.0. The van der Waals surface area contributed by atoms with E-state index in [2.05, 4.69) is 113 Å². The van der Waals surface area contributed by atoms with Crippen LogP contribution in [0, 0.1) is 10.8 Å². The largest absolute Gasteiger partial charge is 1.00 e. The number of benzene rings is 2. The van der Waals surface area contributed by atoms with E-state index in [1.807, 2.05) is 6.56 Å². The summed E-state index contributed by atoms with van der Waals surface area (Å²) in [5.41, 5.74) is 12.9. The normalized spacial score (nSPS) is 17.2. The van der Waals surface area contributed by atoms with Gasteiger partial charge in [-0.2, -0.15) is 0 Å². The van der Waals surface area contributed by atoms with Crippen LogP contribution < -0.4 is 24.8 Å². The molecule has 0 unspecified atom stereocenters. The van der Waals surface area contributed by atoms with Crippen molar-refractivity contribution in [1.82, 2.24) is 0 Å². The zero-order chi connectivity index (χ0) is 27.0. The minimum Gasteiger partial charge on any atom is -1.00 e. The van der Waals surface area contributed by atoms with Gasteiger partial charge in [0.25, 0.3) is 0 Å². The molecule has 0 N–H and O–H groups in total. The average molecular weight is 661 g/mol. The maximum Gasteiger partial charge on any atom is -1.00 e. The Kier molecular flexibility index (Phi) is 10.5. The second-order valence-corrected chi connectivity index (χ2v) is 15.4. The van der Waals surface area contributed by atoms with Crippen LogP contribution in [0.5, 0.6) is 0 Å². The molecule has 0 heterocycles. The van der Waals surface area contributed by atoms with Gasteiger partial charge in [0.2, 0.25) is 0 Å². The Balaban J connectivity index is 0.00000194. The van der Waals surface area contributed by atoms with Crippen LogP contribution in [0.15, 0.2) is 102 Å². The Hall–Kier alpha value is -1.66. The third-order valence-electron chi connectivity index (χ3n) is 10.4. The molecule has 0 fully saturated rings. The topological polar surface area (TPSA) is 0 Å². The van der Waals surface area contributed by atoms with Gasteiger partial charge in [-0.25, -0.2) is 0 Å². The zero-order valence-corrected chi connectivity index (χ0v) is 29.0. The number of fused-ring (bicyclic) bond motifs is 2. The molecule has 4 aliphatic rings. The molecule has 0 nitrogen and oxygen atoms in total. The first-order valence-corrected chi connectivity index (χ1v) is 17.7. The van der Waals surface area contributed by atoms with Gasteiger partial charge in [0.1, 0.15) is 0 Å². The maximum atomic E-state index is 2.54. The van der Waals surface area contributed by atoms with E-state index < -0.39 is 23.2 Å². The molecule has 0 spiro atoms. The Morgan fingerprint density at radius 2 is 0.976 bits per heavy atom. The van der Waals surface area contributed by atoms with Crippen molar-refractivity contribution in [1.29, 1.82) is 0 Å². The van der Waals surface area contributed by atoms with Crippen LogP contribution in [0.3, 0.4) is 0 Å². The van der Waals surface area contributed by atoms with Crippen LogP contribution in [0.25, 0.3) is 12.2 Å². The van der Waals surface area contributed by atoms with Crippen LogP contribution in [0.4, 0.5) is 0 Å². The van der Waals surface area contributed by atoms with Crippen LogP contribution >= 0.6 is 0 Å². The quantitative estimate of drug-likeness (QED) is 0.355. The van der Waals surface area contributed by atoms with Crippen LogP contribution in [0.1, 0.15) is 88.5 Å². The number of hydrogen-bond acceptors (Lipinski definition) is 0. The molecule has 0 amide bonds. The molecule has 0 saturated carbocycles. The molecule has 0 aromatic heterocycles. The second-order valence-electron chi connectivity index (χ2n) is 11.8. The molecular weight excluding hydrogens is 619 g/mol. The van der Waals surface area contributed by atoms with Crippen molar-refractivity contribution >= 4 is 12.2 Å². The molecule has 0 radical (unpaired) electrons. The van der Waals surface area contributed by atoms with E-state index >= 15 is 0 Å². The van der Waals surface area contributed by atoms with Crippen molar-refractivity contribution in [3.8, 4) is 0 Å². The molecule has 2 aromatic carbocycles. The monoisotopic (exact) mass is 658 g/mol. The molecule has 3 heteroatoms. The van der Waals surface area contributed by atoms with E-state index in [1.54, 1.807) is 22.3 Å². The van der Waals surface area contributed by atoms with Gasteiger partial charge < -0.3 is 24.8 Å². The summed E-state index contributed by atoms with van der Waals surface area (Å²) in [4.78, 5) is 0. The third-order valence-corrected chi connectivity index (χ3v) is 14.2. The summed E-state index contributed by atoms with van der Waals surface area (Å²) < 4.78 is 3.67. The summed E-state index contributed by atoms with van der Waals surface area (Å²) in [6.45, 7) is 9.72. The van der Waals surface area contributed by atoms with E-state index in [0.29, 0.717) is 0 Å². The van der Waals surface area contributed by atoms with Gasteiger partial charge in [-0.15, -0.1) is 0 Å². The SMILES string of the molecule is CCC(CC)(C1=Cc2ccccc2C1)C1=[C]([Zr+2][C]2=C(C(CC)(CC)C3=Cc4ccccc4C3)C=CC2)CC=C1.[Cl-].[Cl-]. The number of halogens is 2. The Labute approximate surface area is 272 Å². The van der Waals surface area contributed by atoms with Crippen molar-refractivity contribution in [3.63, 3.8) is 0 Å². The van der Waals surface area contributed by atoms with Gasteiger partial charge in [-0.1, -0.05) is 0 Å². The van der Waals surface area contributed by atoms with Gasteiger partial charge in [-0.3, -0.25) is 0 Å². The standard InChI is InChI=1S/2C19H21.2ClH.Zr/c2*1-3-19(4-2,17-11-7-8-12-17)18-13-15-9-5-6-10-16(15)14-18;;;/h2*5-7,9-11,13H,3-4,8,14H2,1-2H3;2*1H;/q;;;;+2/p-2. The number of rotatable bonds is 10. The molecule has 41 heavy (non-hydrogen) atoms. The predicted octanol–water partition coefficient (Wildman–Crippen LogP) is 4.40. The van der Waals surface area contributed by atoms with Crippen molar-refractivity contribution in [3.05, 3.63) is 124 Å². The first kappa shape index (κ1) is 32.3. The fraction of sp³-hybridized carbons (Fsp3) is 0.368. The molecule has 0 aliphatic heterocycles. The Bertz CT molecular complexity index is 1360. The molecule has 212 valence electrons. The first-order chi connectivity index (χ1) is 19.1. The van der Waals surface area contributed by atoms with Crippen LogP contribution in [-0.2, 0) is 36.1 Å². The first-order valence-electron chi connectivity index (χ1n) is 15.2. The van der Waals surface area contributed by atoms with E-state index in [0.717, 1.165) is 12.8 Å². The summed E-state index contributed by atoms with van der Waals surface area (Å²) in [6.07, 6.45) is 24.5. The van der Waals surface area contributed by atoms with E-state index in [-0.39, 0.29) is 35.6 Å². The fourth-order valence-corrected chi connectivity index (χ4v) is 12.2. The van der Waals surface area contributed by atoms with Gasteiger partial charge in [0, 0.05) is 0 Å². The predicted molar refractivity (Wildman–Crippen MR) is 164 cm³/mol. The van der Waals surface area contributed by atoms with Gasteiger partial charge in [-0.05, 0) is 0 Å². The molecule has 6 rings (SSSR count). The van der Waals surface area contributed by atoms with Crippen molar-refractivity contribution < 1.29 is 48.0 Å². The average Bonchev–Trinajstić information content (AvgIpc) is 3.78. The summed E-state index contributed by atoms with van der Waals surface area (Å²) in [5, 5.41) is 0. The maximum absolute atomic E-state index is 2.54. The van der Waals surface area contributed by atoms with Gasteiger partial charge in [0.15, 0.2) is 0 Å². The number of allylic oxidation sites excluding steroid dienone is 10. The Morgan fingerprint density at radius 3 is 1.34 bits per heavy atom. The molecule has 0 bridgehead atoms. The van der Waals surface area contributed by atoms with Gasteiger partial charge >= 0.3 is 249 Å². The smallest absolute Gasteiger partial charge is 1.00 e. The van der Waals surface area contributed by atoms with E-state index in [1.165, 1.54) is 60.8 Å². The van der Waals surface area contributed by atoms with E-state index in [9.17, 15) is 0 Å². The molecule has 0 saturated heterocycles. The van der Waals surface area contributed by atoms with Crippen molar-refractivity contribution in [2.45, 2.75) is 79.1 Å². The summed E-state index contributed by atoms with van der Waals surface area (Å²) in [5.74, 6) is 0. The summed E-state index contributed by atoms with van der Waals surface area (Å²) in [6, 6.07) is 18.1. The summed E-state index contributed by atoms with van der Waals surface area (Å²) >= 11 is -0.903. The van der Waals surface area contributed by atoms with Crippen molar-refractivity contribution in [2.75, 3.05) is 0 Å². The number of hydrogen-bond donors (Lipinski definition) is 0.